The summed E-state index contributed by atoms with van der Waals surface area (Å²) in [5.74, 6) is 0.262. The van der Waals surface area contributed by atoms with Crippen LogP contribution in [0.2, 0.25) is 5.02 Å². The van der Waals surface area contributed by atoms with Gasteiger partial charge in [0, 0.05) is 30.0 Å². The van der Waals surface area contributed by atoms with E-state index in [0.29, 0.717) is 37.7 Å². The Hall–Kier alpha value is -3.77. The minimum atomic E-state index is -4.62. The van der Waals surface area contributed by atoms with E-state index in [2.05, 4.69) is 20.6 Å². The van der Waals surface area contributed by atoms with Gasteiger partial charge in [-0.1, -0.05) is 11.6 Å². The zero-order chi connectivity index (χ0) is 26.2. The first-order valence-electron chi connectivity index (χ1n) is 11.3. The number of benzene rings is 2. The van der Waals surface area contributed by atoms with E-state index in [4.69, 9.17) is 21.1 Å². The first kappa shape index (κ1) is 24.9. The Bertz CT molecular complexity index is 1340. The van der Waals surface area contributed by atoms with Crippen molar-refractivity contribution in [1.29, 1.82) is 0 Å². The molecule has 0 saturated carbocycles. The molecule has 13 heteroatoms. The van der Waals surface area contributed by atoms with Crippen molar-refractivity contribution < 1.29 is 32.5 Å². The summed E-state index contributed by atoms with van der Waals surface area (Å²) in [7, 11) is 0. The molecule has 3 N–H and O–H groups in total. The Kier molecular flexibility index (Phi) is 6.69. The first-order chi connectivity index (χ1) is 17.7. The molecule has 1 fully saturated rings. The van der Waals surface area contributed by atoms with Crippen molar-refractivity contribution in [2.24, 2.45) is 0 Å². The van der Waals surface area contributed by atoms with E-state index in [1.54, 1.807) is 4.90 Å². The highest BCUT2D eigenvalue weighted by Gasteiger charge is 2.33. The Balaban J connectivity index is 1.40. The normalized spacial score (nSPS) is 17.0. The van der Waals surface area contributed by atoms with Crippen molar-refractivity contribution in [3.63, 3.8) is 0 Å². The van der Waals surface area contributed by atoms with Gasteiger partial charge in [0.15, 0.2) is 5.82 Å². The molecule has 5 rings (SSSR count). The van der Waals surface area contributed by atoms with Gasteiger partial charge in [-0.3, -0.25) is 4.79 Å². The monoisotopic (exact) mass is 535 g/mol. The summed E-state index contributed by atoms with van der Waals surface area (Å²) in [5, 5.41) is 15.6. The SMILES string of the molecule is O=C(Nc1cc(N2CCC(O)C2)cc(C(F)(F)F)c1)c1ccc(Cl)c(Oc2ncnc3c2OCCN3)c1. The van der Waals surface area contributed by atoms with Gasteiger partial charge in [-0.05, 0) is 42.8 Å². The fourth-order valence-corrected chi connectivity index (χ4v) is 4.20. The topological polar surface area (TPSA) is 109 Å². The number of carbonyl (C=O) groups is 1. The predicted molar refractivity (Wildman–Crippen MR) is 130 cm³/mol. The summed E-state index contributed by atoms with van der Waals surface area (Å²) >= 11 is 6.26. The minimum absolute atomic E-state index is 0.0435. The van der Waals surface area contributed by atoms with E-state index < -0.39 is 23.8 Å². The maximum absolute atomic E-state index is 13.6. The molecule has 1 saturated heterocycles. The van der Waals surface area contributed by atoms with Crippen LogP contribution in [0.15, 0.2) is 42.7 Å². The van der Waals surface area contributed by atoms with E-state index in [0.717, 1.165) is 12.1 Å². The van der Waals surface area contributed by atoms with Crippen molar-refractivity contribution in [3.8, 4) is 17.4 Å². The number of aromatic nitrogens is 2. The average molecular weight is 536 g/mol. The molecule has 3 aromatic rings. The number of nitrogens with zero attached hydrogens (tertiary/aromatic N) is 3. The predicted octanol–water partition coefficient (Wildman–Crippen LogP) is 4.57. The summed E-state index contributed by atoms with van der Waals surface area (Å²) < 4.78 is 52.1. The molecule has 1 atom stereocenters. The molecule has 0 aliphatic carbocycles. The zero-order valence-corrected chi connectivity index (χ0v) is 19.9. The number of hydrogen-bond acceptors (Lipinski definition) is 8. The molecule has 1 amide bonds. The number of halogens is 4. The van der Waals surface area contributed by atoms with Crippen LogP contribution in [0.5, 0.6) is 17.4 Å². The molecule has 0 spiro atoms. The number of aliphatic hydroxyl groups is 1. The van der Waals surface area contributed by atoms with E-state index in [1.165, 1.54) is 30.6 Å². The summed E-state index contributed by atoms with van der Waals surface area (Å²) in [4.78, 5) is 22.8. The Labute approximate surface area is 214 Å². The summed E-state index contributed by atoms with van der Waals surface area (Å²) in [6.07, 6.45) is -3.52. The number of nitrogens with one attached hydrogen (secondary N) is 2. The molecule has 3 heterocycles. The standard InChI is InChI=1S/C24H21ClF3N5O4/c25-18-2-1-13(7-19(18)37-23-20-21(30-12-31-23)29-4-6-36-20)22(35)32-15-8-14(24(26,27)28)9-16(10-15)33-5-3-17(34)11-33/h1-2,7-10,12,17,34H,3-6,11H2,(H,32,35)(H,29,30,31). The number of β-amino-alcohol motifs (C(OH)–C–C–N with tert-alkyl or cyclic N) is 1. The van der Waals surface area contributed by atoms with Gasteiger partial charge in [-0.2, -0.15) is 18.2 Å². The highest BCUT2D eigenvalue weighted by Crippen LogP contribution is 2.39. The molecular formula is C24H21ClF3N5O4. The van der Waals surface area contributed by atoms with Gasteiger partial charge in [0.05, 0.1) is 23.2 Å². The lowest BCUT2D eigenvalue weighted by Crippen LogP contribution is -2.22. The number of hydrogen-bond donors (Lipinski definition) is 3. The van der Waals surface area contributed by atoms with Crippen molar-refractivity contribution >= 4 is 34.7 Å². The second kappa shape index (κ2) is 9.94. The molecule has 1 unspecified atom stereocenters. The number of fused-ring (bicyclic) bond motifs is 1. The van der Waals surface area contributed by atoms with Crippen molar-refractivity contribution in [2.45, 2.75) is 18.7 Å². The van der Waals surface area contributed by atoms with Crippen LogP contribution < -0.4 is 25.0 Å². The molecule has 9 nitrogen and oxygen atoms in total. The van der Waals surface area contributed by atoms with Crippen LogP contribution in [0.1, 0.15) is 22.3 Å². The second-order valence-electron chi connectivity index (χ2n) is 8.49. The summed E-state index contributed by atoms with van der Waals surface area (Å²) in [6.45, 7) is 1.55. The van der Waals surface area contributed by atoms with Gasteiger partial charge in [0.2, 0.25) is 5.75 Å². The number of ether oxygens (including phenoxy) is 2. The van der Waals surface area contributed by atoms with Crippen LogP contribution in [0.4, 0.5) is 30.4 Å². The Morgan fingerprint density at radius 3 is 2.84 bits per heavy atom. The molecule has 0 radical (unpaired) electrons. The van der Waals surface area contributed by atoms with Crippen LogP contribution in [0.25, 0.3) is 0 Å². The lowest BCUT2D eigenvalue weighted by Gasteiger charge is -2.21. The van der Waals surface area contributed by atoms with Crippen LogP contribution in [-0.2, 0) is 6.18 Å². The fraction of sp³-hybridized carbons (Fsp3) is 0.292. The quantitative estimate of drug-likeness (QED) is 0.436. The molecule has 37 heavy (non-hydrogen) atoms. The third kappa shape index (κ3) is 5.49. The maximum atomic E-state index is 13.6. The molecule has 194 valence electrons. The molecule has 2 aliphatic heterocycles. The minimum Gasteiger partial charge on any atom is -0.483 e. The fourth-order valence-electron chi connectivity index (χ4n) is 4.04. The van der Waals surface area contributed by atoms with E-state index in [1.807, 2.05) is 0 Å². The highest BCUT2D eigenvalue weighted by atomic mass is 35.5. The van der Waals surface area contributed by atoms with Gasteiger partial charge in [0.25, 0.3) is 11.8 Å². The van der Waals surface area contributed by atoms with Gasteiger partial charge in [-0.25, -0.2) is 4.98 Å². The van der Waals surface area contributed by atoms with Gasteiger partial charge >= 0.3 is 6.18 Å². The number of alkyl halides is 3. The first-order valence-corrected chi connectivity index (χ1v) is 11.7. The third-order valence-electron chi connectivity index (χ3n) is 5.84. The van der Waals surface area contributed by atoms with Crippen molar-refractivity contribution in [1.82, 2.24) is 9.97 Å². The largest absolute Gasteiger partial charge is 0.483 e. The van der Waals surface area contributed by atoms with Crippen LogP contribution >= 0.6 is 11.6 Å². The van der Waals surface area contributed by atoms with E-state index in [-0.39, 0.29) is 40.1 Å². The smallest absolute Gasteiger partial charge is 0.416 e. The van der Waals surface area contributed by atoms with Crippen LogP contribution in [0.3, 0.4) is 0 Å². The van der Waals surface area contributed by atoms with E-state index >= 15 is 0 Å². The summed E-state index contributed by atoms with van der Waals surface area (Å²) in [6, 6.07) is 7.51. The second-order valence-corrected chi connectivity index (χ2v) is 8.90. The summed E-state index contributed by atoms with van der Waals surface area (Å²) in [5.41, 5.74) is -0.609. The molecule has 2 aromatic carbocycles. The lowest BCUT2D eigenvalue weighted by atomic mass is 10.1. The van der Waals surface area contributed by atoms with Crippen LogP contribution in [-0.4, -0.2) is 53.3 Å². The number of rotatable bonds is 5. The third-order valence-corrected chi connectivity index (χ3v) is 6.16. The van der Waals surface area contributed by atoms with Crippen molar-refractivity contribution in [2.75, 3.05) is 41.8 Å². The van der Waals surface area contributed by atoms with Gasteiger partial charge in [-0.15, -0.1) is 0 Å². The van der Waals surface area contributed by atoms with Crippen molar-refractivity contribution in [3.05, 3.63) is 58.9 Å². The molecule has 2 aliphatic rings. The zero-order valence-electron chi connectivity index (χ0n) is 19.2. The van der Waals surface area contributed by atoms with Gasteiger partial charge in [0.1, 0.15) is 18.7 Å². The maximum Gasteiger partial charge on any atom is 0.416 e. The highest BCUT2D eigenvalue weighted by molar-refractivity contribution is 6.32. The Morgan fingerprint density at radius 1 is 1.24 bits per heavy atom. The molecule has 1 aromatic heterocycles. The number of carbonyl (C=O) groups excluding carboxylic acids is 1. The lowest BCUT2D eigenvalue weighted by molar-refractivity contribution is -0.137. The number of amides is 1. The molecule has 0 bridgehead atoms. The average Bonchev–Trinajstić information content (AvgIpc) is 3.31. The van der Waals surface area contributed by atoms with Crippen LogP contribution in [0, 0.1) is 0 Å². The Morgan fingerprint density at radius 2 is 2.08 bits per heavy atom. The number of aliphatic hydroxyl groups excluding tert-OH is 1. The number of anilines is 3. The molecular weight excluding hydrogens is 515 g/mol. The van der Waals surface area contributed by atoms with E-state index in [9.17, 15) is 23.1 Å². The van der Waals surface area contributed by atoms with Gasteiger partial charge < -0.3 is 30.1 Å².